The average molecular weight is 495 g/mol. The molecule has 0 radical (unpaired) electrons. The molecule has 2 atom stereocenters. The summed E-state index contributed by atoms with van der Waals surface area (Å²) >= 11 is 1.46. The Morgan fingerprint density at radius 3 is 2.60 bits per heavy atom. The second-order valence-electron chi connectivity index (χ2n) is 9.16. The van der Waals surface area contributed by atoms with Crippen molar-refractivity contribution in [2.45, 2.75) is 32.9 Å². The molecule has 3 heterocycles. The average Bonchev–Trinajstić information content (AvgIpc) is 3.41. The van der Waals surface area contributed by atoms with Crippen LogP contribution in [0.25, 0.3) is 21.1 Å². The molecule has 0 aliphatic carbocycles. The molecule has 1 amide bonds. The summed E-state index contributed by atoms with van der Waals surface area (Å²) < 4.78 is 13.8. The van der Waals surface area contributed by atoms with Crippen LogP contribution in [0.5, 0.6) is 10.9 Å². The number of ether oxygens (including phenoxy) is 2. The van der Waals surface area contributed by atoms with Crippen molar-refractivity contribution >= 4 is 49.7 Å². The second kappa shape index (κ2) is 9.01. The van der Waals surface area contributed by atoms with E-state index >= 15 is 0 Å². The van der Waals surface area contributed by atoms with Crippen molar-refractivity contribution < 1.29 is 14.3 Å². The fourth-order valence-electron chi connectivity index (χ4n) is 4.96. The summed E-state index contributed by atoms with van der Waals surface area (Å²) in [6, 6.07) is 6.50. The lowest BCUT2D eigenvalue weighted by Crippen LogP contribution is -2.54. The molecule has 0 unspecified atom stereocenters. The number of carbonyl (C=O) groups excluding carboxylic acids is 1. The molecule has 1 saturated heterocycles. The van der Waals surface area contributed by atoms with Crippen molar-refractivity contribution in [3.63, 3.8) is 0 Å². The van der Waals surface area contributed by atoms with Crippen LogP contribution >= 0.6 is 11.3 Å². The summed E-state index contributed by atoms with van der Waals surface area (Å²) in [6.45, 7) is 8.10. The highest BCUT2D eigenvalue weighted by Gasteiger charge is 2.26. The molecule has 1 aliphatic heterocycles. The predicted molar refractivity (Wildman–Crippen MR) is 140 cm³/mol. The maximum atomic E-state index is 13.6. The number of anilines is 2. The number of hydrogen-bond acceptors (Lipinski definition) is 8. The van der Waals surface area contributed by atoms with Crippen molar-refractivity contribution in [3.8, 4) is 10.9 Å². The Bertz CT molecular complexity index is 1420. The fraction of sp³-hybridized carbons (Fsp3) is 0.400. The van der Waals surface area contributed by atoms with Gasteiger partial charge in [0.1, 0.15) is 5.52 Å². The van der Waals surface area contributed by atoms with E-state index in [-0.39, 0.29) is 5.91 Å². The summed E-state index contributed by atoms with van der Waals surface area (Å²) in [5.41, 5.74) is 4.60. The van der Waals surface area contributed by atoms with Gasteiger partial charge in [0.25, 0.3) is 11.1 Å². The number of methoxy groups -OCH3 is 2. The molecule has 0 saturated carbocycles. The van der Waals surface area contributed by atoms with Crippen molar-refractivity contribution in [2.75, 3.05) is 37.5 Å². The van der Waals surface area contributed by atoms with Gasteiger partial charge in [-0.3, -0.25) is 9.48 Å². The minimum Gasteiger partial charge on any atom is -0.494 e. The third-order valence-corrected chi connectivity index (χ3v) is 7.36. The molecule has 1 aliphatic rings. The van der Waals surface area contributed by atoms with E-state index in [2.05, 4.69) is 39.5 Å². The third kappa shape index (κ3) is 4.17. The van der Waals surface area contributed by atoms with Crippen LogP contribution in [0.15, 0.2) is 24.4 Å². The summed E-state index contributed by atoms with van der Waals surface area (Å²) in [6.07, 6.45) is 1.89. The van der Waals surface area contributed by atoms with Crippen molar-refractivity contribution in [2.24, 2.45) is 7.05 Å². The lowest BCUT2D eigenvalue weighted by atomic mass is 10.1. The molecule has 2 aromatic carbocycles. The Morgan fingerprint density at radius 1 is 1.17 bits per heavy atom. The van der Waals surface area contributed by atoms with Gasteiger partial charge in [0.2, 0.25) is 0 Å². The van der Waals surface area contributed by atoms with Crippen molar-refractivity contribution in [1.29, 1.82) is 0 Å². The number of thiazole rings is 1. The quantitative estimate of drug-likeness (QED) is 0.434. The highest BCUT2D eigenvalue weighted by atomic mass is 32.1. The first-order valence-corrected chi connectivity index (χ1v) is 12.4. The maximum Gasteiger partial charge on any atom is 0.274 e. The molecule has 0 bridgehead atoms. The third-order valence-electron chi connectivity index (χ3n) is 6.33. The maximum absolute atomic E-state index is 13.6. The van der Waals surface area contributed by atoms with E-state index in [4.69, 9.17) is 9.47 Å². The minimum absolute atomic E-state index is 0.252. The molecule has 2 N–H and O–H groups in total. The zero-order chi connectivity index (χ0) is 24.9. The number of aryl methyl sites for hydroxylation is 2. The van der Waals surface area contributed by atoms with E-state index < -0.39 is 0 Å². The lowest BCUT2D eigenvalue weighted by molar-refractivity contribution is 0.102. The molecular weight excluding hydrogens is 464 g/mol. The Balaban J connectivity index is 1.55. The van der Waals surface area contributed by atoms with E-state index in [0.29, 0.717) is 39.8 Å². The smallest absolute Gasteiger partial charge is 0.274 e. The van der Waals surface area contributed by atoms with Gasteiger partial charge in [0.05, 0.1) is 46.8 Å². The van der Waals surface area contributed by atoms with Gasteiger partial charge in [-0.2, -0.15) is 5.10 Å². The van der Waals surface area contributed by atoms with E-state index in [0.717, 1.165) is 39.9 Å². The van der Waals surface area contributed by atoms with Crippen molar-refractivity contribution in [3.05, 3.63) is 35.5 Å². The Hall–Kier alpha value is -3.37. The van der Waals surface area contributed by atoms with Gasteiger partial charge in [0.15, 0.2) is 5.75 Å². The van der Waals surface area contributed by atoms with Crippen LogP contribution < -0.4 is 25.0 Å². The Labute approximate surface area is 208 Å². The van der Waals surface area contributed by atoms with Crippen LogP contribution in [0.3, 0.4) is 0 Å². The molecule has 10 heteroatoms. The molecule has 4 aromatic rings. The fourth-order valence-corrected chi connectivity index (χ4v) is 5.91. The number of fused-ring (bicyclic) bond motifs is 2. The molecule has 35 heavy (non-hydrogen) atoms. The minimum atomic E-state index is -0.252. The van der Waals surface area contributed by atoms with Gasteiger partial charge < -0.3 is 25.0 Å². The van der Waals surface area contributed by atoms with Crippen LogP contribution in [-0.2, 0) is 7.05 Å². The summed E-state index contributed by atoms with van der Waals surface area (Å²) in [7, 11) is 5.06. The van der Waals surface area contributed by atoms with E-state index in [1.807, 2.05) is 38.4 Å². The topological polar surface area (TPSA) is 93.5 Å². The van der Waals surface area contributed by atoms with Gasteiger partial charge in [0, 0.05) is 38.4 Å². The zero-order valence-corrected chi connectivity index (χ0v) is 21.6. The highest BCUT2D eigenvalue weighted by Crippen LogP contribution is 2.39. The van der Waals surface area contributed by atoms with Gasteiger partial charge >= 0.3 is 0 Å². The number of rotatable bonds is 5. The normalized spacial score (nSPS) is 18.3. The number of nitrogens with one attached hydrogen (secondary N) is 2. The number of piperazine rings is 1. The number of amides is 1. The first kappa shape index (κ1) is 23.4. The largest absolute Gasteiger partial charge is 0.494 e. The molecule has 9 nitrogen and oxygen atoms in total. The Morgan fingerprint density at radius 2 is 1.91 bits per heavy atom. The summed E-state index contributed by atoms with van der Waals surface area (Å²) in [5, 5.41) is 12.5. The number of aromatic nitrogens is 3. The number of nitrogens with zero attached hydrogens (tertiary/aromatic N) is 4. The molecule has 5 rings (SSSR count). The number of benzene rings is 2. The van der Waals surface area contributed by atoms with Crippen molar-refractivity contribution in [1.82, 2.24) is 20.1 Å². The van der Waals surface area contributed by atoms with Crippen LogP contribution in [0, 0.1) is 6.92 Å². The van der Waals surface area contributed by atoms with Crippen LogP contribution in [0.2, 0.25) is 0 Å². The number of carbonyl (C=O) groups is 1. The monoisotopic (exact) mass is 494 g/mol. The summed E-state index contributed by atoms with van der Waals surface area (Å²) in [4.78, 5) is 20.6. The zero-order valence-electron chi connectivity index (χ0n) is 20.8. The van der Waals surface area contributed by atoms with Crippen LogP contribution in [-0.4, -0.2) is 60.1 Å². The second-order valence-corrected chi connectivity index (χ2v) is 10.1. The molecule has 0 spiro atoms. The SMILES string of the molecule is COc1nc2c(C(=O)Nc3cc(C)c4nn(C)cc4c3OC)ccc(N3C[C@H](C)N[C@@H](C)C3)c2s1. The molecule has 2 aromatic heterocycles. The van der Waals surface area contributed by atoms with Gasteiger partial charge in [-0.15, -0.1) is 0 Å². The number of hydrogen-bond donors (Lipinski definition) is 2. The van der Waals surface area contributed by atoms with E-state index in [1.165, 1.54) is 11.3 Å². The Kier molecular flexibility index (Phi) is 6.02. The molecule has 1 fully saturated rings. The van der Waals surface area contributed by atoms with E-state index in [1.54, 1.807) is 18.9 Å². The van der Waals surface area contributed by atoms with E-state index in [9.17, 15) is 4.79 Å². The molecular formula is C25H30N6O3S. The standard InChI is InChI=1S/C25H30N6O3S/c1-13-9-18(22(33-5)17-12-30(4)29-20(13)17)27-24(32)16-7-8-19(23-21(16)28-25(34-6)35-23)31-10-14(2)26-15(3)11-31/h7-9,12,14-15,26H,10-11H2,1-6H3,(H,27,32)/t14-,15-/m0/s1. The van der Waals surface area contributed by atoms with Crippen LogP contribution in [0.4, 0.5) is 11.4 Å². The summed E-state index contributed by atoms with van der Waals surface area (Å²) in [5.74, 6) is 0.331. The predicted octanol–water partition coefficient (Wildman–Crippen LogP) is 3.95. The first-order chi connectivity index (χ1) is 16.8. The van der Waals surface area contributed by atoms with Crippen LogP contribution in [0.1, 0.15) is 29.8 Å². The highest BCUT2D eigenvalue weighted by molar-refractivity contribution is 7.21. The lowest BCUT2D eigenvalue weighted by Gasteiger charge is -2.37. The van der Waals surface area contributed by atoms with Gasteiger partial charge in [-0.25, -0.2) is 4.98 Å². The molecule has 184 valence electrons. The van der Waals surface area contributed by atoms with Gasteiger partial charge in [-0.1, -0.05) is 11.3 Å². The van der Waals surface area contributed by atoms with Gasteiger partial charge in [-0.05, 0) is 44.5 Å². The first-order valence-electron chi connectivity index (χ1n) is 11.6.